The van der Waals surface area contributed by atoms with Crippen molar-refractivity contribution in [3.8, 4) is 0 Å². The predicted octanol–water partition coefficient (Wildman–Crippen LogP) is 2.17. The molecule has 1 N–H and O–H groups in total. The van der Waals surface area contributed by atoms with Crippen LogP contribution in [0.25, 0.3) is 0 Å². The molecule has 0 fully saturated rings. The highest BCUT2D eigenvalue weighted by Gasteiger charge is 2.18. The maximum absolute atomic E-state index is 4.43. The normalized spacial score (nSPS) is 12.6. The van der Waals surface area contributed by atoms with E-state index in [1.807, 2.05) is 24.7 Å². The summed E-state index contributed by atoms with van der Waals surface area (Å²) in [6.45, 7) is 4.99. The summed E-state index contributed by atoms with van der Waals surface area (Å²) >= 11 is 3.61. The number of nitrogens with one attached hydrogen (secondary N) is 1. The molecule has 0 amide bonds. The van der Waals surface area contributed by atoms with Gasteiger partial charge in [0.15, 0.2) is 0 Å². The second-order valence-electron chi connectivity index (χ2n) is 4.42. The predicted molar refractivity (Wildman–Crippen MR) is 77.8 cm³/mol. The van der Waals surface area contributed by atoms with Gasteiger partial charge in [-0.25, -0.2) is 9.97 Å². The second-order valence-corrected chi connectivity index (χ2v) is 5.21. The number of halogens is 1. The first kappa shape index (κ1) is 14.1. The molecule has 2 aromatic heterocycles. The van der Waals surface area contributed by atoms with Crippen LogP contribution in [-0.4, -0.2) is 26.3 Å². The average molecular weight is 324 g/mol. The number of nitrogens with zero attached hydrogens (tertiary/aromatic N) is 4. The minimum Gasteiger partial charge on any atom is -0.309 e. The van der Waals surface area contributed by atoms with Crippen LogP contribution in [0.4, 0.5) is 0 Å². The van der Waals surface area contributed by atoms with Crippen molar-refractivity contribution in [1.82, 2.24) is 25.1 Å². The topological polar surface area (TPSA) is 55.6 Å². The van der Waals surface area contributed by atoms with Crippen LogP contribution in [0.3, 0.4) is 0 Å². The summed E-state index contributed by atoms with van der Waals surface area (Å²) in [6, 6.07) is 2.11. The summed E-state index contributed by atoms with van der Waals surface area (Å²) in [5.41, 5.74) is 3.18. The molecule has 2 rings (SSSR count). The zero-order valence-corrected chi connectivity index (χ0v) is 13.0. The summed E-state index contributed by atoms with van der Waals surface area (Å²) < 4.78 is 3.00. The second kappa shape index (κ2) is 6.25. The van der Waals surface area contributed by atoms with Gasteiger partial charge in [0, 0.05) is 19.7 Å². The summed E-state index contributed by atoms with van der Waals surface area (Å²) in [7, 11) is 1.97. The zero-order valence-electron chi connectivity index (χ0n) is 11.4. The minimum absolute atomic E-state index is 0.166. The Morgan fingerprint density at radius 3 is 2.79 bits per heavy atom. The lowest BCUT2D eigenvalue weighted by Crippen LogP contribution is -2.25. The third-order valence-corrected chi connectivity index (χ3v) is 4.10. The zero-order chi connectivity index (χ0) is 13.8. The van der Waals surface area contributed by atoms with Crippen LogP contribution in [0.15, 0.2) is 23.1 Å². The molecule has 0 spiro atoms. The van der Waals surface area contributed by atoms with Crippen molar-refractivity contribution >= 4 is 15.9 Å². The molecule has 0 saturated carbocycles. The summed E-state index contributed by atoms with van der Waals surface area (Å²) in [4.78, 5) is 8.31. The van der Waals surface area contributed by atoms with Crippen LogP contribution >= 0.6 is 15.9 Å². The largest absolute Gasteiger partial charge is 0.309 e. The monoisotopic (exact) mass is 323 g/mol. The Morgan fingerprint density at radius 1 is 1.47 bits per heavy atom. The van der Waals surface area contributed by atoms with Crippen LogP contribution < -0.4 is 5.32 Å². The fourth-order valence-corrected chi connectivity index (χ4v) is 2.63. The molecular weight excluding hydrogens is 306 g/mol. The van der Waals surface area contributed by atoms with E-state index in [0.717, 1.165) is 28.8 Å². The Labute approximate surface area is 121 Å². The molecule has 1 atom stereocenters. The third kappa shape index (κ3) is 3.19. The number of aryl methyl sites for hydroxylation is 2. The molecule has 0 saturated heterocycles. The fourth-order valence-electron chi connectivity index (χ4n) is 2.13. The van der Waals surface area contributed by atoms with Gasteiger partial charge in [0.2, 0.25) is 0 Å². The maximum atomic E-state index is 4.43. The van der Waals surface area contributed by atoms with E-state index in [0.29, 0.717) is 0 Å². The molecule has 0 aliphatic rings. The molecule has 0 radical (unpaired) electrons. The number of hydrogen-bond donors (Lipinski definition) is 1. The van der Waals surface area contributed by atoms with E-state index in [-0.39, 0.29) is 6.04 Å². The van der Waals surface area contributed by atoms with E-state index in [9.17, 15) is 0 Å². The first-order chi connectivity index (χ1) is 9.13. The minimum atomic E-state index is 0.166. The molecule has 102 valence electrons. The Bertz CT molecular complexity index is 537. The van der Waals surface area contributed by atoms with Crippen LogP contribution in [0.2, 0.25) is 0 Å². The van der Waals surface area contributed by atoms with Gasteiger partial charge in [-0.3, -0.25) is 4.68 Å². The van der Waals surface area contributed by atoms with E-state index in [1.54, 1.807) is 12.5 Å². The van der Waals surface area contributed by atoms with Crippen LogP contribution in [0.1, 0.15) is 30.0 Å². The maximum Gasteiger partial charge on any atom is 0.115 e. The van der Waals surface area contributed by atoms with Crippen LogP contribution in [0.5, 0.6) is 0 Å². The summed E-state index contributed by atoms with van der Waals surface area (Å²) in [6.07, 6.45) is 4.20. The number of likely N-dealkylation sites (N-methyl/N-ethyl adjacent to an activating group) is 1. The number of aromatic nitrogens is 4. The van der Waals surface area contributed by atoms with Gasteiger partial charge in [-0.1, -0.05) is 6.92 Å². The Morgan fingerprint density at radius 2 is 2.26 bits per heavy atom. The lowest BCUT2D eigenvalue weighted by Gasteiger charge is -2.17. The highest BCUT2D eigenvalue weighted by Crippen LogP contribution is 2.25. The van der Waals surface area contributed by atoms with Crippen molar-refractivity contribution in [2.75, 3.05) is 6.54 Å². The SMILES string of the molecule is CCNC(Cc1c(Br)c(C)nn1C)c1ccncn1. The molecule has 0 aliphatic heterocycles. The van der Waals surface area contributed by atoms with Gasteiger partial charge in [0.25, 0.3) is 0 Å². The van der Waals surface area contributed by atoms with Gasteiger partial charge >= 0.3 is 0 Å². The lowest BCUT2D eigenvalue weighted by molar-refractivity contribution is 0.515. The first-order valence-corrected chi connectivity index (χ1v) is 7.10. The van der Waals surface area contributed by atoms with Crippen molar-refractivity contribution in [2.24, 2.45) is 7.05 Å². The molecule has 19 heavy (non-hydrogen) atoms. The Hall–Kier alpha value is -1.27. The highest BCUT2D eigenvalue weighted by atomic mass is 79.9. The van der Waals surface area contributed by atoms with E-state index < -0.39 is 0 Å². The van der Waals surface area contributed by atoms with Crippen LogP contribution in [0, 0.1) is 6.92 Å². The van der Waals surface area contributed by atoms with Crippen LogP contribution in [-0.2, 0) is 13.5 Å². The van der Waals surface area contributed by atoms with Crippen molar-refractivity contribution in [2.45, 2.75) is 26.3 Å². The molecule has 0 aromatic carbocycles. The molecule has 2 aromatic rings. The summed E-state index contributed by atoms with van der Waals surface area (Å²) in [5, 5.41) is 7.89. The van der Waals surface area contributed by atoms with Crippen molar-refractivity contribution in [3.05, 3.63) is 40.1 Å². The van der Waals surface area contributed by atoms with Crippen molar-refractivity contribution in [1.29, 1.82) is 0 Å². The molecule has 5 nitrogen and oxygen atoms in total. The lowest BCUT2D eigenvalue weighted by atomic mass is 10.1. The van der Waals surface area contributed by atoms with E-state index in [4.69, 9.17) is 0 Å². The van der Waals surface area contributed by atoms with Gasteiger partial charge in [-0.2, -0.15) is 5.10 Å². The quantitative estimate of drug-likeness (QED) is 0.916. The van der Waals surface area contributed by atoms with Gasteiger partial charge in [-0.15, -0.1) is 0 Å². The Balaban J connectivity index is 2.26. The smallest absolute Gasteiger partial charge is 0.115 e. The standard InChI is InChI=1S/C13H18BrN5/c1-4-16-11(10-5-6-15-8-17-10)7-12-13(14)9(2)18-19(12)3/h5-6,8,11,16H,4,7H2,1-3H3. The Kier molecular flexibility index (Phi) is 4.66. The molecular formula is C13H18BrN5. The van der Waals surface area contributed by atoms with Crippen molar-refractivity contribution in [3.63, 3.8) is 0 Å². The molecule has 1 unspecified atom stereocenters. The molecule has 2 heterocycles. The molecule has 0 bridgehead atoms. The summed E-state index contributed by atoms with van der Waals surface area (Å²) in [5.74, 6) is 0. The molecule has 0 aliphatic carbocycles. The van der Waals surface area contributed by atoms with E-state index in [2.05, 4.69) is 43.2 Å². The molecule has 6 heteroatoms. The highest BCUT2D eigenvalue weighted by molar-refractivity contribution is 9.10. The van der Waals surface area contributed by atoms with Gasteiger partial charge in [-0.05, 0) is 35.5 Å². The number of hydrogen-bond acceptors (Lipinski definition) is 4. The van der Waals surface area contributed by atoms with Gasteiger partial charge in [0.05, 0.1) is 27.6 Å². The third-order valence-electron chi connectivity index (χ3n) is 3.07. The van der Waals surface area contributed by atoms with Gasteiger partial charge in [0.1, 0.15) is 6.33 Å². The van der Waals surface area contributed by atoms with Gasteiger partial charge < -0.3 is 5.32 Å². The average Bonchev–Trinajstić information content (AvgIpc) is 2.65. The number of rotatable bonds is 5. The first-order valence-electron chi connectivity index (χ1n) is 6.30. The van der Waals surface area contributed by atoms with E-state index in [1.165, 1.54) is 5.69 Å². The fraction of sp³-hybridized carbons (Fsp3) is 0.462. The van der Waals surface area contributed by atoms with E-state index >= 15 is 0 Å². The van der Waals surface area contributed by atoms with Crippen molar-refractivity contribution < 1.29 is 0 Å².